The zero-order valence-corrected chi connectivity index (χ0v) is 16.3. The molecule has 146 valence electrons. The van der Waals surface area contributed by atoms with Crippen molar-refractivity contribution in [3.63, 3.8) is 0 Å². The lowest BCUT2D eigenvalue weighted by Gasteiger charge is -2.34. The van der Waals surface area contributed by atoms with Crippen LogP contribution in [-0.2, 0) is 16.0 Å². The molecule has 1 saturated heterocycles. The van der Waals surface area contributed by atoms with E-state index in [1.807, 2.05) is 25.2 Å². The van der Waals surface area contributed by atoms with Crippen LogP contribution < -0.4 is 4.90 Å². The minimum Gasteiger partial charge on any atom is -0.489 e. The normalized spacial score (nSPS) is 17.9. The summed E-state index contributed by atoms with van der Waals surface area (Å²) in [4.78, 5) is 12.9. The second-order valence-corrected chi connectivity index (χ2v) is 6.89. The number of rotatable bonds is 10. The van der Waals surface area contributed by atoms with E-state index >= 15 is 0 Å². The SMILES string of the molecule is C=C/C(=C\C=C/C)OC1CCCN(c2ccc(CCCCC(=O)O)cc2)C1. The Hall–Kier alpha value is -2.49. The van der Waals surface area contributed by atoms with Gasteiger partial charge in [0.05, 0.1) is 6.54 Å². The molecule has 0 saturated carbocycles. The molecule has 0 aromatic heterocycles. The molecule has 2 rings (SSSR count). The summed E-state index contributed by atoms with van der Waals surface area (Å²) in [6, 6.07) is 8.64. The molecule has 1 fully saturated rings. The molecule has 1 aromatic carbocycles. The maximum Gasteiger partial charge on any atom is 0.303 e. The number of nitrogens with zero attached hydrogens (tertiary/aromatic N) is 1. The van der Waals surface area contributed by atoms with E-state index in [0.29, 0.717) is 0 Å². The Balaban J connectivity index is 1.88. The molecule has 4 heteroatoms. The van der Waals surface area contributed by atoms with Crippen LogP contribution in [0.15, 0.2) is 60.9 Å². The van der Waals surface area contributed by atoms with E-state index in [9.17, 15) is 4.79 Å². The fourth-order valence-electron chi connectivity index (χ4n) is 3.29. The van der Waals surface area contributed by atoms with Crippen molar-refractivity contribution < 1.29 is 14.6 Å². The van der Waals surface area contributed by atoms with Gasteiger partial charge in [-0.15, -0.1) is 0 Å². The molecule has 1 aromatic rings. The molecule has 1 unspecified atom stereocenters. The van der Waals surface area contributed by atoms with Crippen LogP contribution in [-0.4, -0.2) is 30.3 Å². The number of benzene rings is 1. The van der Waals surface area contributed by atoms with Gasteiger partial charge in [-0.2, -0.15) is 0 Å². The highest BCUT2D eigenvalue weighted by atomic mass is 16.5. The number of allylic oxidation sites excluding steroid dienone is 4. The van der Waals surface area contributed by atoms with Gasteiger partial charge in [0.1, 0.15) is 11.9 Å². The van der Waals surface area contributed by atoms with Crippen LogP contribution in [0.5, 0.6) is 0 Å². The average molecular weight is 370 g/mol. The lowest BCUT2D eigenvalue weighted by atomic mass is 10.0. The first-order valence-electron chi connectivity index (χ1n) is 9.80. The summed E-state index contributed by atoms with van der Waals surface area (Å²) in [7, 11) is 0. The van der Waals surface area contributed by atoms with Crippen molar-refractivity contribution in [2.45, 2.75) is 51.6 Å². The minimum atomic E-state index is -0.715. The molecule has 1 aliphatic rings. The van der Waals surface area contributed by atoms with Crippen LogP contribution in [0, 0.1) is 0 Å². The standard InChI is InChI=1S/C23H31NO3/c1-3-5-10-21(4-2)27-22-11-8-17-24(18-22)20-15-13-19(14-16-20)9-6-7-12-23(25)26/h3-5,10,13-16,22H,2,6-9,11-12,17-18H2,1H3,(H,25,26)/b5-3-,21-10+. The molecule has 0 bridgehead atoms. The van der Waals surface area contributed by atoms with E-state index in [-0.39, 0.29) is 12.5 Å². The second-order valence-electron chi connectivity index (χ2n) is 6.89. The lowest BCUT2D eigenvalue weighted by Crippen LogP contribution is -2.39. The highest BCUT2D eigenvalue weighted by Crippen LogP contribution is 2.23. The fraction of sp³-hybridized carbons (Fsp3) is 0.435. The molecular formula is C23H31NO3. The second kappa shape index (κ2) is 11.3. The maximum absolute atomic E-state index is 10.6. The Morgan fingerprint density at radius 2 is 2.11 bits per heavy atom. The van der Waals surface area contributed by atoms with Crippen molar-refractivity contribution in [3.05, 3.63) is 66.5 Å². The predicted octanol–water partition coefficient (Wildman–Crippen LogP) is 5.12. The topological polar surface area (TPSA) is 49.8 Å². The van der Waals surface area contributed by atoms with E-state index in [1.165, 1.54) is 11.3 Å². The molecule has 1 aliphatic heterocycles. The van der Waals surface area contributed by atoms with Crippen molar-refractivity contribution in [3.8, 4) is 0 Å². The number of hydrogen-bond acceptors (Lipinski definition) is 3. The first-order chi connectivity index (χ1) is 13.1. The van der Waals surface area contributed by atoms with E-state index < -0.39 is 5.97 Å². The summed E-state index contributed by atoms with van der Waals surface area (Å²) in [5, 5.41) is 8.70. The Bertz CT molecular complexity index is 661. The van der Waals surface area contributed by atoms with E-state index in [0.717, 1.165) is 51.0 Å². The summed E-state index contributed by atoms with van der Waals surface area (Å²) >= 11 is 0. The molecule has 1 N–H and O–H groups in total. The summed E-state index contributed by atoms with van der Waals surface area (Å²) in [5.74, 6) is 0.101. The molecule has 27 heavy (non-hydrogen) atoms. The maximum atomic E-state index is 10.6. The third-order valence-electron chi connectivity index (χ3n) is 4.74. The van der Waals surface area contributed by atoms with Crippen molar-refractivity contribution in [1.29, 1.82) is 0 Å². The summed E-state index contributed by atoms with van der Waals surface area (Å²) in [5.41, 5.74) is 2.48. The molecule has 4 nitrogen and oxygen atoms in total. The van der Waals surface area contributed by atoms with Crippen molar-refractivity contribution in [1.82, 2.24) is 0 Å². The van der Waals surface area contributed by atoms with Gasteiger partial charge in [-0.05, 0) is 68.9 Å². The van der Waals surface area contributed by atoms with Gasteiger partial charge in [0.15, 0.2) is 0 Å². The first-order valence-corrected chi connectivity index (χ1v) is 9.80. The molecule has 0 amide bonds. The number of ether oxygens (including phenoxy) is 1. The number of carboxylic acid groups (broad SMARTS) is 1. The van der Waals surface area contributed by atoms with E-state index in [1.54, 1.807) is 6.08 Å². The number of hydrogen-bond donors (Lipinski definition) is 1. The molecule has 1 heterocycles. The highest BCUT2D eigenvalue weighted by Gasteiger charge is 2.21. The molecule has 0 aliphatic carbocycles. The van der Waals surface area contributed by atoms with Gasteiger partial charge in [0.25, 0.3) is 0 Å². The van der Waals surface area contributed by atoms with Crippen LogP contribution in [0.4, 0.5) is 5.69 Å². The van der Waals surface area contributed by atoms with Crippen LogP contribution in [0.3, 0.4) is 0 Å². The van der Waals surface area contributed by atoms with Gasteiger partial charge in [0.2, 0.25) is 0 Å². The van der Waals surface area contributed by atoms with Gasteiger partial charge in [-0.1, -0.05) is 30.9 Å². The Kier molecular flexibility index (Phi) is 8.69. The van der Waals surface area contributed by atoms with Gasteiger partial charge in [-0.3, -0.25) is 4.79 Å². The van der Waals surface area contributed by atoms with Crippen molar-refractivity contribution in [2.75, 3.05) is 18.0 Å². The first kappa shape index (κ1) is 20.8. The van der Waals surface area contributed by atoms with E-state index in [4.69, 9.17) is 9.84 Å². The summed E-state index contributed by atoms with van der Waals surface area (Å²) in [6.07, 6.45) is 12.8. The number of piperidine rings is 1. The van der Waals surface area contributed by atoms with Crippen molar-refractivity contribution in [2.24, 2.45) is 0 Å². The Labute approximate surface area is 162 Å². The zero-order chi connectivity index (χ0) is 19.5. The van der Waals surface area contributed by atoms with Crippen LogP contribution in [0.2, 0.25) is 0 Å². The van der Waals surface area contributed by atoms with Crippen LogP contribution in [0.1, 0.15) is 44.6 Å². The largest absolute Gasteiger partial charge is 0.489 e. The third kappa shape index (κ3) is 7.33. The average Bonchev–Trinajstić information content (AvgIpc) is 2.69. The molecule has 1 atom stereocenters. The van der Waals surface area contributed by atoms with Gasteiger partial charge in [-0.25, -0.2) is 0 Å². The lowest BCUT2D eigenvalue weighted by molar-refractivity contribution is -0.137. The van der Waals surface area contributed by atoms with E-state index in [2.05, 4.69) is 35.7 Å². The molecular weight excluding hydrogens is 338 g/mol. The summed E-state index contributed by atoms with van der Waals surface area (Å²) in [6.45, 7) is 7.73. The van der Waals surface area contributed by atoms with Gasteiger partial charge >= 0.3 is 5.97 Å². The highest BCUT2D eigenvalue weighted by molar-refractivity contribution is 5.66. The van der Waals surface area contributed by atoms with Crippen LogP contribution >= 0.6 is 0 Å². The third-order valence-corrected chi connectivity index (χ3v) is 4.74. The number of aryl methyl sites for hydroxylation is 1. The fourth-order valence-corrected chi connectivity index (χ4v) is 3.29. The monoisotopic (exact) mass is 369 g/mol. The summed E-state index contributed by atoms with van der Waals surface area (Å²) < 4.78 is 6.11. The van der Waals surface area contributed by atoms with Crippen molar-refractivity contribution >= 4 is 11.7 Å². The molecule has 0 spiro atoms. The molecule has 0 radical (unpaired) electrons. The number of carbonyl (C=O) groups is 1. The number of carboxylic acids is 1. The predicted molar refractivity (Wildman–Crippen MR) is 111 cm³/mol. The number of unbranched alkanes of at least 4 members (excludes halogenated alkanes) is 1. The van der Waals surface area contributed by atoms with Gasteiger partial charge in [0, 0.05) is 18.7 Å². The number of anilines is 1. The number of aliphatic carboxylic acids is 1. The zero-order valence-electron chi connectivity index (χ0n) is 16.3. The van der Waals surface area contributed by atoms with Gasteiger partial charge < -0.3 is 14.7 Å². The Morgan fingerprint density at radius 1 is 1.33 bits per heavy atom. The smallest absolute Gasteiger partial charge is 0.303 e. The minimum absolute atomic E-state index is 0.170. The quantitative estimate of drug-likeness (QED) is 0.353. The van der Waals surface area contributed by atoms with Crippen LogP contribution in [0.25, 0.3) is 0 Å². The Morgan fingerprint density at radius 3 is 2.78 bits per heavy atom.